The number of carbonyl (C=O) groups is 2. The Morgan fingerprint density at radius 2 is 2.00 bits per heavy atom. The average molecular weight is 359 g/mol. The van der Waals surface area contributed by atoms with Gasteiger partial charge in [-0.05, 0) is 43.9 Å². The molecule has 5 nitrogen and oxygen atoms in total. The number of hydrogen-bond donors (Lipinski definition) is 2. The third-order valence-electron chi connectivity index (χ3n) is 4.19. The van der Waals surface area contributed by atoms with Crippen molar-refractivity contribution in [3.8, 4) is 0 Å². The van der Waals surface area contributed by atoms with Crippen molar-refractivity contribution in [1.29, 1.82) is 0 Å². The summed E-state index contributed by atoms with van der Waals surface area (Å²) in [6, 6.07) is 5.39. The van der Waals surface area contributed by atoms with Crippen molar-refractivity contribution in [2.45, 2.75) is 47.0 Å². The van der Waals surface area contributed by atoms with Gasteiger partial charge >= 0.3 is 0 Å². The third kappa shape index (κ3) is 5.67. The Bertz CT molecular complexity index is 755. The summed E-state index contributed by atoms with van der Waals surface area (Å²) in [5.74, 6) is 0.318. The molecular weight excluding hydrogens is 334 g/mol. The van der Waals surface area contributed by atoms with Crippen LogP contribution in [-0.4, -0.2) is 16.8 Å². The van der Waals surface area contributed by atoms with Gasteiger partial charge in [0.2, 0.25) is 5.91 Å². The van der Waals surface area contributed by atoms with E-state index in [1.54, 1.807) is 12.3 Å². The Balaban J connectivity index is 2.03. The lowest BCUT2D eigenvalue weighted by atomic mass is 10.0. The van der Waals surface area contributed by atoms with Crippen LogP contribution >= 0.6 is 11.3 Å². The second kappa shape index (κ2) is 8.76. The molecule has 1 unspecified atom stereocenters. The normalized spacial score (nSPS) is 11.8. The largest absolute Gasteiger partial charge is 0.326 e. The highest BCUT2D eigenvalue weighted by Gasteiger charge is 2.13. The fourth-order valence-electron chi connectivity index (χ4n) is 2.35. The highest BCUT2D eigenvalue weighted by Crippen LogP contribution is 2.21. The molecule has 0 aliphatic heterocycles. The lowest BCUT2D eigenvalue weighted by Crippen LogP contribution is -2.15. The molecule has 1 heterocycles. The van der Waals surface area contributed by atoms with E-state index < -0.39 is 0 Å². The molecule has 1 aromatic heterocycles. The van der Waals surface area contributed by atoms with Gasteiger partial charge in [-0.25, -0.2) is 4.98 Å². The van der Waals surface area contributed by atoms with E-state index in [0.29, 0.717) is 28.6 Å². The number of rotatable bonds is 7. The maximum Gasteiger partial charge on any atom is 0.256 e. The SMILES string of the molecule is CCC(C)CCC(=O)Nc1ccc(C)c(C(=O)Nc2cnc(C)s2)c1. The average Bonchev–Trinajstić information content (AvgIpc) is 2.99. The predicted octanol–water partition coefficient (Wildman–Crippen LogP) is 4.78. The number of anilines is 2. The number of nitrogens with zero attached hydrogens (tertiary/aromatic N) is 1. The van der Waals surface area contributed by atoms with Crippen LogP contribution in [0.3, 0.4) is 0 Å². The molecule has 0 saturated heterocycles. The van der Waals surface area contributed by atoms with Crippen molar-refractivity contribution in [2.75, 3.05) is 10.6 Å². The van der Waals surface area contributed by atoms with Crippen LogP contribution in [0.2, 0.25) is 0 Å². The second-order valence-corrected chi connectivity index (χ2v) is 7.56. The van der Waals surface area contributed by atoms with Gasteiger partial charge in [0, 0.05) is 17.7 Å². The highest BCUT2D eigenvalue weighted by atomic mass is 32.1. The fourth-order valence-corrected chi connectivity index (χ4v) is 3.02. The summed E-state index contributed by atoms with van der Waals surface area (Å²) in [6.07, 6.45) is 4.07. The fraction of sp³-hybridized carbons (Fsp3) is 0.421. The zero-order valence-corrected chi connectivity index (χ0v) is 16.0. The number of benzene rings is 1. The lowest BCUT2D eigenvalue weighted by Gasteiger charge is -2.11. The van der Waals surface area contributed by atoms with Crippen LogP contribution in [0, 0.1) is 19.8 Å². The molecule has 0 spiro atoms. The quantitative estimate of drug-likeness (QED) is 0.747. The van der Waals surface area contributed by atoms with Gasteiger partial charge in [0.05, 0.1) is 11.2 Å². The van der Waals surface area contributed by atoms with Crippen LogP contribution < -0.4 is 10.6 Å². The summed E-state index contributed by atoms with van der Waals surface area (Å²) < 4.78 is 0. The minimum atomic E-state index is -0.197. The summed E-state index contributed by atoms with van der Waals surface area (Å²) in [7, 11) is 0. The molecule has 0 radical (unpaired) electrons. The van der Waals surface area contributed by atoms with Gasteiger partial charge in [-0.15, -0.1) is 11.3 Å². The molecule has 6 heteroatoms. The van der Waals surface area contributed by atoms with E-state index in [-0.39, 0.29) is 11.8 Å². The number of amides is 2. The van der Waals surface area contributed by atoms with Gasteiger partial charge in [-0.3, -0.25) is 9.59 Å². The predicted molar refractivity (Wildman–Crippen MR) is 103 cm³/mol. The smallest absolute Gasteiger partial charge is 0.256 e. The van der Waals surface area contributed by atoms with Crippen molar-refractivity contribution >= 4 is 33.8 Å². The van der Waals surface area contributed by atoms with Gasteiger partial charge in [0.15, 0.2) is 0 Å². The van der Waals surface area contributed by atoms with Crippen LogP contribution in [0.15, 0.2) is 24.4 Å². The summed E-state index contributed by atoms with van der Waals surface area (Å²) in [5.41, 5.74) is 2.05. The van der Waals surface area contributed by atoms with E-state index in [1.807, 2.05) is 26.0 Å². The maximum atomic E-state index is 12.5. The third-order valence-corrected chi connectivity index (χ3v) is 5.01. The molecule has 0 saturated carbocycles. The summed E-state index contributed by atoms with van der Waals surface area (Å²) in [6.45, 7) is 8.03. The van der Waals surface area contributed by atoms with Gasteiger partial charge < -0.3 is 10.6 Å². The first-order chi connectivity index (χ1) is 11.9. The van der Waals surface area contributed by atoms with E-state index >= 15 is 0 Å². The standard InChI is InChI=1S/C19H25N3O2S/c1-5-12(2)6-9-17(23)21-15-8-7-13(3)16(10-15)19(24)22-18-11-20-14(4)25-18/h7-8,10-12H,5-6,9H2,1-4H3,(H,21,23)(H,22,24). The van der Waals surface area contributed by atoms with Crippen LogP contribution in [0.1, 0.15) is 54.0 Å². The van der Waals surface area contributed by atoms with E-state index in [0.717, 1.165) is 23.4 Å². The van der Waals surface area contributed by atoms with Gasteiger partial charge in [0.1, 0.15) is 5.00 Å². The van der Waals surface area contributed by atoms with E-state index in [2.05, 4.69) is 29.5 Å². The van der Waals surface area contributed by atoms with Crippen molar-refractivity contribution in [3.63, 3.8) is 0 Å². The molecule has 0 aliphatic carbocycles. The molecule has 0 bridgehead atoms. The number of carbonyl (C=O) groups excluding carboxylic acids is 2. The monoisotopic (exact) mass is 359 g/mol. The summed E-state index contributed by atoms with van der Waals surface area (Å²) in [4.78, 5) is 28.7. The minimum Gasteiger partial charge on any atom is -0.326 e. The Kier molecular flexibility index (Phi) is 6.70. The molecule has 2 amide bonds. The molecule has 2 N–H and O–H groups in total. The Labute approximate surface area is 152 Å². The molecular formula is C19H25N3O2S. The van der Waals surface area contributed by atoms with Crippen molar-refractivity contribution < 1.29 is 9.59 Å². The zero-order valence-electron chi connectivity index (χ0n) is 15.2. The van der Waals surface area contributed by atoms with E-state index in [1.165, 1.54) is 11.3 Å². The van der Waals surface area contributed by atoms with Crippen LogP contribution in [0.25, 0.3) is 0 Å². The molecule has 0 fully saturated rings. The molecule has 134 valence electrons. The molecule has 1 atom stereocenters. The van der Waals surface area contributed by atoms with Crippen LogP contribution in [0.4, 0.5) is 10.7 Å². The van der Waals surface area contributed by atoms with Crippen molar-refractivity contribution in [3.05, 3.63) is 40.5 Å². The Morgan fingerprint density at radius 1 is 1.24 bits per heavy atom. The van der Waals surface area contributed by atoms with Gasteiger partial charge in [-0.1, -0.05) is 26.3 Å². The maximum absolute atomic E-state index is 12.5. The molecule has 1 aromatic carbocycles. The summed E-state index contributed by atoms with van der Waals surface area (Å²) in [5, 5.41) is 7.35. The number of aromatic nitrogens is 1. The van der Waals surface area contributed by atoms with E-state index in [4.69, 9.17) is 0 Å². The number of hydrogen-bond acceptors (Lipinski definition) is 4. The molecule has 25 heavy (non-hydrogen) atoms. The lowest BCUT2D eigenvalue weighted by molar-refractivity contribution is -0.116. The second-order valence-electron chi connectivity index (χ2n) is 6.33. The van der Waals surface area contributed by atoms with Crippen LogP contribution in [0.5, 0.6) is 0 Å². The van der Waals surface area contributed by atoms with Crippen molar-refractivity contribution in [2.24, 2.45) is 5.92 Å². The highest BCUT2D eigenvalue weighted by molar-refractivity contribution is 7.15. The van der Waals surface area contributed by atoms with Crippen molar-refractivity contribution in [1.82, 2.24) is 4.98 Å². The minimum absolute atomic E-state index is 0.0198. The molecule has 2 rings (SSSR count). The Morgan fingerprint density at radius 3 is 2.64 bits per heavy atom. The number of nitrogens with one attached hydrogen (secondary N) is 2. The zero-order chi connectivity index (χ0) is 18.4. The van der Waals surface area contributed by atoms with Gasteiger partial charge in [-0.2, -0.15) is 0 Å². The topological polar surface area (TPSA) is 71.1 Å². The van der Waals surface area contributed by atoms with Gasteiger partial charge in [0.25, 0.3) is 5.91 Å². The number of aryl methyl sites for hydroxylation is 2. The first kappa shape index (κ1) is 19.1. The molecule has 0 aliphatic rings. The molecule has 2 aromatic rings. The van der Waals surface area contributed by atoms with Crippen LogP contribution in [-0.2, 0) is 4.79 Å². The summed E-state index contributed by atoms with van der Waals surface area (Å²) >= 11 is 1.43. The van der Waals surface area contributed by atoms with E-state index in [9.17, 15) is 9.59 Å². The number of thiazole rings is 1. The Hall–Kier alpha value is -2.21. The first-order valence-electron chi connectivity index (χ1n) is 8.53. The first-order valence-corrected chi connectivity index (χ1v) is 9.35.